The molecule has 0 bridgehead atoms. The Hall–Kier alpha value is -0.700. The van der Waals surface area contributed by atoms with Crippen LogP contribution in [0.2, 0.25) is 0 Å². The molecular formula is C15H22BrNO. The van der Waals surface area contributed by atoms with Crippen molar-refractivity contribution >= 4 is 21.6 Å². The van der Waals surface area contributed by atoms with Crippen LogP contribution in [0.3, 0.4) is 0 Å². The highest BCUT2D eigenvalue weighted by atomic mass is 79.9. The summed E-state index contributed by atoms with van der Waals surface area (Å²) in [6.07, 6.45) is 3.95. The fourth-order valence-corrected chi connectivity index (χ4v) is 3.24. The van der Waals surface area contributed by atoms with Crippen molar-refractivity contribution in [2.45, 2.75) is 39.2 Å². The summed E-state index contributed by atoms with van der Waals surface area (Å²) in [7, 11) is 1.71. The maximum absolute atomic E-state index is 5.30. The third-order valence-electron chi connectivity index (χ3n) is 4.17. The van der Waals surface area contributed by atoms with Crippen molar-refractivity contribution in [2.24, 2.45) is 11.8 Å². The molecule has 1 aliphatic rings. The van der Waals surface area contributed by atoms with E-state index in [2.05, 4.69) is 47.2 Å². The lowest BCUT2D eigenvalue weighted by Crippen LogP contribution is -2.34. The lowest BCUT2D eigenvalue weighted by molar-refractivity contribution is 0.253. The number of rotatable bonds is 3. The number of anilines is 1. The predicted octanol–water partition coefficient (Wildman–Crippen LogP) is 4.69. The number of hydrogen-bond acceptors (Lipinski definition) is 2. The van der Waals surface area contributed by atoms with Crippen LogP contribution in [0.25, 0.3) is 0 Å². The molecule has 0 saturated heterocycles. The van der Waals surface area contributed by atoms with Crippen LogP contribution >= 0.6 is 15.9 Å². The minimum absolute atomic E-state index is 0.577. The number of benzene rings is 1. The zero-order valence-corrected chi connectivity index (χ0v) is 13.0. The van der Waals surface area contributed by atoms with Crippen molar-refractivity contribution in [1.82, 2.24) is 0 Å². The average Bonchev–Trinajstić information content (AvgIpc) is 2.34. The van der Waals surface area contributed by atoms with Gasteiger partial charge in [-0.05, 0) is 30.4 Å². The molecular weight excluding hydrogens is 290 g/mol. The molecule has 1 N–H and O–H groups in total. The van der Waals surface area contributed by atoms with Crippen molar-refractivity contribution in [3.63, 3.8) is 0 Å². The van der Waals surface area contributed by atoms with Gasteiger partial charge >= 0.3 is 0 Å². The third-order valence-corrected chi connectivity index (χ3v) is 4.62. The fraction of sp³-hybridized carbons (Fsp3) is 0.600. The van der Waals surface area contributed by atoms with Gasteiger partial charge in [-0.25, -0.2) is 0 Å². The minimum Gasteiger partial charge on any atom is -0.497 e. The predicted molar refractivity (Wildman–Crippen MR) is 80.3 cm³/mol. The molecule has 2 nitrogen and oxygen atoms in total. The molecule has 18 heavy (non-hydrogen) atoms. The molecule has 3 unspecified atom stereocenters. The third kappa shape index (κ3) is 3.19. The first kappa shape index (κ1) is 13.7. The summed E-state index contributed by atoms with van der Waals surface area (Å²) in [5, 5.41) is 3.67. The summed E-state index contributed by atoms with van der Waals surface area (Å²) in [6, 6.07) is 6.75. The first-order chi connectivity index (χ1) is 8.60. The second kappa shape index (κ2) is 5.96. The minimum atomic E-state index is 0.577. The Labute approximate surface area is 118 Å². The van der Waals surface area contributed by atoms with Crippen molar-refractivity contribution in [1.29, 1.82) is 0 Å². The Bertz CT molecular complexity index is 407. The Morgan fingerprint density at radius 1 is 1.22 bits per heavy atom. The molecule has 1 aromatic rings. The first-order valence-corrected chi connectivity index (χ1v) is 7.50. The van der Waals surface area contributed by atoms with E-state index in [0.29, 0.717) is 6.04 Å². The van der Waals surface area contributed by atoms with Gasteiger partial charge in [-0.2, -0.15) is 0 Å². The second-order valence-electron chi connectivity index (χ2n) is 5.40. The fourth-order valence-electron chi connectivity index (χ4n) is 2.76. The van der Waals surface area contributed by atoms with E-state index >= 15 is 0 Å². The molecule has 0 aromatic heterocycles. The van der Waals surface area contributed by atoms with E-state index in [9.17, 15) is 0 Å². The van der Waals surface area contributed by atoms with E-state index in [4.69, 9.17) is 4.74 Å². The maximum atomic E-state index is 5.30. The highest BCUT2D eigenvalue weighted by Crippen LogP contribution is 2.33. The van der Waals surface area contributed by atoms with E-state index < -0.39 is 0 Å². The van der Waals surface area contributed by atoms with Crippen molar-refractivity contribution < 1.29 is 4.74 Å². The highest BCUT2D eigenvalue weighted by molar-refractivity contribution is 9.10. The van der Waals surface area contributed by atoms with Gasteiger partial charge < -0.3 is 10.1 Å². The molecule has 1 aromatic carbocycles. The standard InChI is InChI=1S/C15H22BrNO/c1-10-5-4-6-15(11(10)2)17-13-7-12(16)8-14(9-13)18-3/h7-11,15,17H,4-6H2,1-3H3. The normalized spacial score (nSPS) is 27.9. The largest absolute Gasteiger partial charge is 0.497 e. The molecule has 2 rings (SSSR count). The Morgan fingerprint density at radius 2 is 2.00 bits per heavy atom. The van der Waals surface area contributed by atoms with E-state index in [0.717, 1.165) is 27.7 Å². The van der Waals surface area contributed by atoms with E-state index in [-0.39, 0.29) is 0 Å². The van der Waals surface area contributed by atoms with Crippen LogP contribution in [0, 0.1) is 11.8 Å². The van der Waals surface area contributed by atoms with Gasteiger partial charge in [0.25, 0.3) is 0 Å². The Balaban J connectivity index is 2.10. The van der Waals surface area contributed by atoms with Crippen LogP contribution in [0.4, 0.5) is 5.69 Å². The van der Waals surface area contributed by atoms with E-state index in [1.807, 2.05) is 6.07 Å². The summed E-state index contributed by atoms with van der Waals surface area (Å²) in [5.41, 5.74) is 1.15. The molecule has 1 fully saturated rings. The smallest absolute Gasteiger partial charge is 0.122 e. The van der Waals surface area contributed by atoms with Gasteiger partial charge in [0.15, 0.2) is 0 Å². The van der Waals surface area contributed by atoms with E-state index in [1.54, 1.807) is 7.11 Å². The topological polar surface area (TPSA) is 21.3 Å². The maximum Gasteiger partial charge on any atom is 0.122 e. The molecule has 1 aliphatic carbocycles. The highest BCUT2D eigenvalue weighted by Gasteiger charge is 2.26. The molecule has 0 heterocycles. The average molecular weight is 312 g/mol. The van der Waals surface area contributed by atoms with Crippen LogP contribution in [0.1, 0.15) is 33.1 Å². The van der Waals surface area contributed by atoms with Crippen molar-refractivity contribution in [3.8, 4) is 5.75 Å². The van der Waals surface area contributed by atoms with Crippen LogP contribution in [0.15, 0.2) is 22.7 Å². The van der Waals surface area contributed by atoms with E-state index in [1.165, 1.54) is 19.3 Å². The molecule has 0 radical (unpaired) electrons. The lowest BCUT2D eigenvalue weighted by Gasteiger charge is -2.35. The summed E-state index contributed by atoms with van der Waals surface area (Å²) < 4.78 is 6.36. The molecule has 0 spiro atoms. The SMILES string of the molecule is COc1cc(Br)cc(NC2CCCC(C)C2C)c1. The number of nitrogens with one attached hydrogen (secondary N) is 1. The molecule has 1 saturated carbocycles. The zero-order valence-electron chi connectivity index (χ0n) is 11.4. The summed E-state index contributed by atoms with van der Waals surface area (Å²) in [6.45, 7) is 4.72. The second-order valence-corrected chi connectivity index (χ2v) is 6.31. The zero-order chi connectivity index (χ0) is 13.1. The number of halogens is 1. The number of methoxy groups -OCH3 is 1. The summed E-state index contributed by atoms with van der Waals surface area (Å²) in [4.78, 5) is 0. The molecule has 100 valence electrons. The van der Waals surface area contributed by atoms with Crippen LogP contribution in [-0.4, -0.2) is 13.2 Å². The van der Waals surface area contributed by atoms with Gasteiger partial charge in [0.2, 0.25) is 0 Å². The Morgan fingerprint density at radius 3 is 2.72 bits per heavy atom. The molecule has 0 amide bonds. The van der Waals surface area contributed by atoms with Gasteiger partial charge in [0.05, 0.1) is 7.11 Å². The van der Waals surface area contributed by atoms with Gasteiger partial charge in [-0.15, -0.1) is 0 Å². The number of hydrogen-bond donors (Lipinski definition) is 1. The van der Waals surface area contributed by atoms with Crippen molar-refractivity contribution in [2.75, 3.05) is 12.4 Å². The Kier molecular flexibility index (Phi) is 4.55. The van der Waals surface area contributed by atoms with Gasteiger partial charge in [0.1, 0.15) is 5.75 Å². The van der Waals surface area contributed by atoms with Gasteiger partial charge in [-0.1, -0.05) is 42.6 Å². The van der Waals surface area contributed by atoms with Gasteiger partial charge in [-0.3, -0.25) is 0 Å². The lowest BCUT2D eigenvalue weighted by atomic mass is 9.78. The summed E-state index contributed by atoms with van der Waals surface area (Å²) >= 11 is 3.53. The molecule has 3 atom stereocenters. The van der Waals surface area contributed by atoms with Crippen LogP contribution < -0.4 is 10.1 Å². The van der Waals surface area contributed by atoms with Crippen LogP contribution in [0.5, 0.6) is 5.75 Å². The first-order valence-electron chi connectivity index (χ1n) is 6.71. The monoisotopic (exact) mass is 311 g/mol. The summed E-state index contributed by atoms with van der Waals surface area (Å²) in [5.74, 6) is 2.43. The molecule has 3 heteroatoms. The number of ether oxygens (including phenoxy) is 1. The quantitative estimate of drug-likeness (QED) is 0.874. The molecule has 0 aliphatic heterocycles. The van der Waals surface area contributed by atoms with Crippen molar-refractivity contribution in [3.05, 3.63) is 22.7 Å². The van der Waals surface area contributed by atoms with Gasteiger partial charge in [0, 0.05) is 22.3 Å². The van der Waals surface area contributed by atoms with Crippen LogP contribution in [-0.2, 0) is 0 Å².